The van der Waals surface area contributed by atoms with Gasteiger partial charge in [0.15, 0.2) is 5.78 Å². The van der Waals surface area contributed by atoms with Crippen molar-refractivity contribution in [2.75, 3.05) is 11.9 Å². The summed E-state index contributed by atoms with van der Waals surface area (Å²) in [4.78, 5) is 25.9. The Morgan fingerprint density at radius 3 is 2.15 bits per heavy atom. The highest BCUT2D eigenvalue weighted by atomic mass is 16.4. The Morgan fingerprint density at radius 1 is 0.688 bits per heavy atom. The van der Waals surface area contributed by atoms with Gasteiger partial charge in [0.25, 0.3) is 5.91 Å². The summed E-state index contributed by atoms with van der Waals surface area (Å²) < 4.78 is 6.10. The zero-order chi connectivity index (χ0) is 33.1. The third-order valence-corrected chi connectivity index (χ3v) is 8.17. The molecule has 7 heteroatoms. The summed E-state index contributed by atoms with van der Waals surface area (Å²) in [6.45, 7) is 2.63. The van der Waals surface area contributed by atoms with E-state index in [0.29, 0.717) is 53.5 Å². The average molecular weight is 635 g/mol. The molecule has 0 saturated heterocycles. The average Bonchev–Trinajstić information content (AvgIpc) is 3.61. The number of nitrogens with zero attached hydrogens (tertiary/aromatic N) is 2. The number of carbonyl (C=O) groups excluding carboxylic acids is 2. The molecule has 1 aromatic heterocycles. The van der Waals surface area contributed by atoms with Crippen molar-refractivity contribution in [3.05, 3.63) is 173 Å². The lowest BCUT2D eigenvalue weighted by Gasteiger charge is -2.19. The first-order valence-electron chi connectivity index (χ1n) is 16.4. The number of aromatic nitrogens is 2. The molecule has 5 aromatic carbocycles. The Balaban J connectivity index is 1.17. The van der Waals surface area contributed by atoms with Crippen molar-refractivity contribution in [1.82, 2.24) is 15.5 Å². The van der Waals surface area contributed by atoms with Crippen LogP contribution in [-0.2, 0) is 19.3 Å². The highest BCUT2D eigenvalue weighted by molar-refractivity contribution is 6.12. The van der Waals surface area contributed by atoms with Crippen LogP contribution in [0.25, 0.3) is 11.1 Å². The number of nitrogens with one attached hydrogen (secondary N) is 2. The first-order chi connectivity index (χ1) is 23.6. The second-order valence-electron chi connectivity index (χ2n) is 11.7. The summed E-state index contributed by atoms with van der Waals surface area (Å²) in [7, 11) is 0. The first kappa shape index (κ1) is 32.1. The molecule has 1 heterocycles. The van der Waals surface area contributed by atoms with E-state index in [2.05, 4.69) is 76.3 Å². The fourth-order valence-electron chi connectivity index (χ4n) is 5.65. The first-order valence-corrected chi connectivity index (χ1v) is 16.4. The maximum Gasteiger partial charge on any atom is 0.251 e. The van der Waals surface area contributed by atoms with Gasteiger partial charge in [-0.05, 0) is 59.4 Å². The lowest BCUT2D eigenvalue weighted by molar-refractivity contribution is 0.0953. The molecule has 0 aliphatic rings. The van der Waals surface area contributed by atoms with Crippen molar-refractivity contribution in [2.24, 2.45) is 0 Å². The quantitative estimate of drug-likeness (QED) is 0.117. The molecule has 0 aliphatic carbocycles. The van der Waals surface area contributed by atoms with E-state index in [0.717, 1.165) is 35.1 Å². The van der Waals surface area contributed by atoms with Crippen LogP contribution in [0.3, 0.4) is 0 Å². The van der Waals surface area contributed by atoms with Crippen molar-refractivity contribution in [1.29, 1.82) is 0 Å². The molecule has 0 aliphatic heterocycles. The summed E-state index contributed by atoms with van der Waals surface area (Å²) in [5, 5.41) is 15.2. The van der Waals surface area contributed by atoms with Crippen LogP contribution < -0.4 is 10.6 Å². The summed E-state index contributed by atoms with van der Waals surface area (Å²) >= 11 is 0. The van der Waals surface area contributed by atoms with E-state index in [1.807, 2.05) is 84.9 Å². The molecule has 1 amide bonds. The molecule has 0 saturated carbocycles. The van der Waals surface area contributed by atoms with E-state index < -0.39 is 0 Å². The summed E-state index contributed by atoms with van der Waals surface area (Å²) in [6, 6.07) is 42.6. The number of benzene rings is 5. The van der Waals surface area contributed by atoms with Gasteiger partial charge >= 0.3 is 0 Å². The number of carbonyl (C=O) groups is 2. The highest BCUT2D eigenvalue weighted by Gasteiger charge is 2.22. The Hall–Kier alpha value is -5.82. The van der Waals surface area contributed by atoms with E-state index in [-0.39, 0.29) is 17.7 Å². The molecule has 6 rings (SSSR count). The number of amides is 1. The molecule has 7 nitrogen and oxygen atoms in total. The second-order valence-corrected chi connectivity index (χ2v) is 11.7. The van der Waals surface area contributed by atoms with Crippen molar-refractivity contribution in [2.45, 2.75) is 38.6 Å². The lowest BCUT2D eigenvalue weighted by Crippen LogP contribution is -2.25. The van der Waals surface area contributed by atoms with E-state index in [4.69, 9.17) is 4.42 Å². The summed E-state index contributed by atoms with van der Waals surface area (Å²) in [6.07, 6.45) is 2.91. The topological polar surface area (TPSA) is 97.1 Å². The molecule has 1 unspecified atom stereocenters. The van der Waals surface area contributed by atoms with Gasteiger partial charge in [0.1, 0.15) is 6.04 Å². The van der Waals surface area contributed by atoms with E-state index in [1.54, 1.807) is 0 Å². The van der Waals surface area contributed by atoms with Crippen LogP contribution in [0, 0.1) is 0 Å². The van der Waals surface area contributed by atoms with Crippen LogP contribution in [0.5, 0.6) is 0 Å². The number of ketones is 1. The molecule has 240 valence electrons. The van der Waals surface area contributed by atoms with Crippen molar-refractivity contribution in [3.63, 3.8) is 0 Å². The normalized spacial score (nSPS) is 11.5. The van der Waals surface area contributed by atoms with Gasteiger partial charge in [-0.25, -0.2) is 0 Å². The maximum absolute atomic E-state index is 13.5. The molecular formula is C41H38N4O3. The smallest absolute Gasteiger partial charge is 0.251 e. The fraction of sp³-hybridized carbons (Fsp3) is 0.171. The van der Waals surface area contributed by atoms with E-state index >= 15 is 0 Å². The minimum absolute atomic E-state index is 0.0557. The standard InChI is InChI=1S/C41H38N4O3/c1-2-12-38-44-45-41(48-38)37(43-36-20-10-9-19-35(36)39(46)32-14-5-3-6-15-32)28-30-21-23-31(24-22-30)34-18-11-13-29(27-34)25-26-42-40(47)33-16-7-4-8-17-33/h3-11,13-24,27,37,43H,2,12,25-26,28H2,1H3,(H,42,47). The molecule has 1 atom stereocenters. The summed E-state index contributed by atoms with van der Waals surface area (Å²) in [5.74, 6) is 0.961. The van der Waals surface area contributed by atoms with Gasteiger partial charge in [0, 0.05) is 41.8 Å². The molecule has 0 fully saturated rings. The van der Waals surface area contributed by atoms with Crippen molar-refractivity contribution in [3.8, 4) is 11.1 Å². The van der Waals surface area contributed by atoms with Crippen LogP contribution in [0.1, 0.15) is 68.6 Å². The SMILES string of the molecule is CCCc1nnc(C(Cc2ccc(-c3cccc(CCNC(=O)c4ccccc4)c3)cc2)Nc2ccccc2C(=O)c2ccccc2)o1. The zero-order valence-corrected chi connectivity index (χ0v) is 26.9. The minimum atomic E-state index is -0.354. The molecule has 2 N–H and O–H groups in total. The zero-order valence-electron chi connectivity index (χ0n) is 26.9. The second kappa shape index (κ2) is 15.6. The Labute approximate surface area is 281 Å². The number of hydrogen-bond acceptors (Lipinski definition) is 6. The number of para-hydroxylation sites is 1. The summed E-state index contributed by atoms with van der Waals surface area (Å²) in [5.41, 5.74) is 7.02. The van der Waals surface area contributed by atoms with Gasteiger partial charge in [-0.2, -0.15) is 0 Å². The van der Waals surface area contributed by atoms with Gasteiger partial charge in [-0.1, -0.05) is 116 Å². The van der Waals surface area contributed by atoms with Gasteiger partial charge in [0.05, 0.1) is 0 Å². The van der Waals surface area contributed by atoms with Crippen molar-refractivity contribution < 1.29 is 14.0 Å². The van der Waals surface area contributed by atoms with Crippen LogP contribution in [0.15, 0.2) is 138 Å². The number of anilines is 1. The van der Waals surface area contributed by atoms with Crippen LogP contribution >= 0.6 is 0 Å². The highest BCUT2D eigenvalue weighted by Crippen LogP contribution is 2.28. The third kappa shape index (κ3) is 8.12. The van der Waals surface area contributed by atoms with Crippen molar-refractivity contribution >= 4 is 17.4 Å². The molecule has 6 aromatic rings. The van der Waals surface area contributed by atoms with Gasteiger partial charge in [0.2, 0.25) is 11.8 Å². The van der Waals surface area contributed by atoms with Crippen LogP contribution in [0.2, 0.25) is 0 Å². The maximum atomic E-state index is 13.5. The van der Waals surface area contributed by atoms with Crippen LogP contribution in [-0.4, -0.2) is 28.4 Å². The minimum Gasteiger partial charge on any atom is -0.423 e. The lowest BCUT2D eigenvalue weighted by atomic mass is 9.98. The fourth-order valence-corrected chi connectivity index (χ4v) is 5.65. The van der Waals surface area contributed by atoms with E-state index in [9.17, 15) is 9.59 Å². The molecular weight excluding hydrogens is 596 g/mol. The van der Waals surface area contributed by atoms with Gasteiger partial charge < -0.3 is 15.1 Å². The predicted molar refractivity (Wildman–Crippen MR) is 189 cm³/mol. The van der Waals surface area contributed by atoms with Crippen LogP contribution in [0.4, 0.5) is 5.69 Å². The van der Waals surface area contributed by atoms with E-state index in [1.165, 1.54) is 0 Å². The van der Waals surface area contributed by atoms with Gasteiger partial charge in [-0.3, -0.25) is 9.59 Å². The molecule has 0 bridgehead atoms. The number of aryl methyl sites for hydroxylation is 1. The predicted octanol–water partition coefficient (Wildman–Crippen LogP) is 8.29. The monoisotopic (exact) mass is 634 g/mol. The third-order valence-electron chi connectivity index (χ3n) is 8.17. The molecule has 0 spiro atoms. The number of hydrogen-bond donors (Lipinski definition) is 2. The molecule has 48 heavy (non-hydrogen) atoms. The Bertz CT molecular complexity index is 1950. The van der Waals surface area contributed by atoms with Gasteiger partial charge in [-0.15, -0.1) is 10.2 Å². The number of rotatable bonds is 14. The Kier molecular flexibility index (Phi) is 10.5. The molecule has 0 radical (unpaired) electrons. The largest absolute Gasteiger partial charge is 0.423 e. The Morgan fingerprint density at radius 2 is 1.40 bits per heavy atom.